The smallest absolute Gasteiger partial charge is 0.147 e. The Morgan fingerprint density at radius 2 is 1.86 bits per heavy atom. The molecule has 0 fully saturated rings. The van der Waals surface area contributed by atoms with Crippen LogP contribution in [0.4, 0.5) is 0 Å². The normalized spacial score (nSPS) is 10.8. The number of nitrogens with zero attached hydrogens (tertiary/aromatic N) is 3. The molecule has 0 unspecified atom stereocenters. The van der Waals surface area contributed by atoms with Crippen LogP contribution in [0.5, 0.6) is 0 Å². The molecule has 104 valence electrons. The summed E-state index contributed by atoms with van der Waals surface area (Å²) in [5.41, 5.74) is 3.28. The van der Waals surface area contributed by atoms with Gasteiger partial charge in [0.25, 0.3) is 0 Å². The van der Waals surface area contributed by atoms with Crippen LogP contribution in [0.15, 0.2) is 30.3 Å². The van der Waals surface area contributed by atoms with E-state index in [0.717, 1.165) is 16.8 Å². The number of halogens is 3. The van der Waals surface area contributed by atoms with Crippen molar-refractivity contribution in [2.75, 3.05) is 0 Å². The standard InChI is InChI=1S/C15H8Cl3N3/c1-8-4-14(18)21-10(7-19)6-12(15(21)20-8)11-3-2-9(16)5-13(11)17/h2-6H,1H3. The van der Waals surface area contributed by atoms with Crippen molar-refractivity contribution in [1.82, 2.24) is 9.38 Å². The molecule has 0 aliphatic rings. The summed E-state index contributed by atoms with van der Waals surface area (Å²) in [6.07, 6.45) is 0. The average Bonchev–Trinajstić information content (AvgIpc) is 2.77. The van der Waals surface area contributed by atoms with Gasteiger partial charge < -0.3 is 0 Å². The van der Waals surface area contributed by atoms with Gasteiger partial charge in [0.05, 0.1) is 5.02 Å². The summed E-state index contributed by atoms with van der Waals surface area (Å²) in [5, 5.41) is 10.8. The molecule has 3 nitrogen and oxygen atoms in total. The maximum Gasteiger partial charge on any atom is 0.147 e. The van der Waals surface area contributed by atoms with Crippen molar-refractivity contribution >= 4 is 40.4 Å². The second-order valence-corrected chi connectivity index (χ2v) is 5.79. The average molecular weight is 337 g/mol. The quantitative estimate of drug-likeness (QED) is 0.577. The summed E-state index contributed by atoms with van der Waals surface area (Å²) in [6, 6.07) is 10.8. The topological polar surface area (TPSA) is 41.1 Å². The lowest BCUT2D eigenvalue weighted by Crippen LogP contribution is -1.95. The second-order valence-electron chi connectivity index (χ2n) is 4.56. The van der Waals surface area contributed by atoms with E-state index in [0.29, 0.717) is 26.5 Å². The second kappa shape index (κ2) is 5.23. The van der Waals surface area contributed by atoms with Gasteiger partial charge in [-0.15, -0.1) is 0 Å². The van der Waals surface area contributed by atoms with Crippen LogP contribution in [0.1, 0.15) is 11.4 Å². The zero-order valence-corrected chi connectivity index (χ0v) is 13.1. The number of aryl methyl sites for hydroxylation is 1. The maximum atomic E-state index is 9.29. The van der Waals surface area contributed by atoms with Crippen LogP contribution < -0.4 is 0 Å². The minimum absolute atomic E-state index is 0.406. The molecule has 0 amide bonds. The Balaban J connectivity index is 2.41. The molecule has 0 N–H and O–H groups in total. The molecule has 0 aliphatic heterocycles. The van der Waals surface area contributed by atoms with Crippen LogP contribution in [0.3, 0.4) is 0 Å². The van der Waals surface area contributed by atoms with Gasteiger partial charge in [-0.3, -0.25) is 4.40 Å². The summed E-state index contributed by atoms with van der Waals surface area (Å²) >= 11 is 18.4. The summed E-state index contributed by atoms with van der Waals surface area (Å²) in [4.78, 5) is 4.48. The van der Waals surface area contributed by atoms with Crippen molar-refractivity contribution in [1.29, 1.82) is 5.26 Å². The van der Waals surface area contributed by atoms with Gasteiger partial charge in [-0.25, -0.2) is 4.98 Å². The molecule has 2 heterocycles. The van der Waals surface area contributed by atoms with Crippen LogP contribution in [0.2, 0.25) is 15.2 Å². The van der Waals surface area contributed by atoms with Gasteiger partial charge in [0.1, 0.15) is 22.6 Å². The minimum Gasteiger partial charge on any atom is -0.275 e. The van der Waals surface area contributed by atoms with Crippen molar-refractivity contribution < 1.29 is 0 Å². The highest BCUT2D eigenvalue weighted by Crippen LogP contribution is 2.35. The Morgan fingerprint density at radius 1 is 1.10 bits per heavy atom. The van der Waals surface area contributed by atoms with Gasteiger partial charge in [-0.1, -0.05) is 40.9 Å². The molecule has 6 heteroatoms. The van der Waals surface area contributed by atoms with E-state index in [1.165, 1.54) is 0 Å². The molecule has 0 aliphatic carbocycles. The van der Waals surface area contributed by atoms with Gasteiger partial charge in [-0.2, -0.15) is 5.26 Å². The molecule has 0 bridgehead atoms. The predicted molar refractivity (Wildman–Crippen MR) is 85.1 cm³/mol. The van der Waals surface area contributed by atoms with E-state index in [1.807, 2.05) is 6.92 Å². The third-order valence-electron chi connectivity index (χ3n) is 3.13. The van der Waals surface area contributed by atoms with Crippen LogP contribution in [0, 0.1) is 18.3 Å². The molecule has 0 saturated heterocycles. The molecule has 2 aromatic heterocycles. The number of rotatable bonds is 1. The fourth-order valence-electron chi connectivity index (χ4n) is 2.25. The van der Waals surface area contributed by atoms with Gasteiger partial charge in [0.2, 0.25) is 0 Å². The number of fused-ring (bicyclic) bond motifs is 1. The van der Waals surface area contributed by atoms with E-state index >= 15 is 0 Å². The van der Waals surface area contributed by atoms with Crippen molar-refractivity contribution in [3.8, 4) is 17.2 Å². The monoisotopic (exact) mass is 335 g/mol. The fourth-order valence-corrected chi connectivity index (χ4v) is 3.09. The molecule has 3 rings (SSSR count). The third-order valence-corrected chi connectivity index (χ3v) is 3.96. The minimum atomic E-state index is 0.406. The van der Waals surface area contributed by atoms with Gasteiger partial charge >= 0.3 is 0 Å². The molecule has 21 heavy (non-hydrogen) atoms. The Bertz CT molecular complexity index is 907. The lowest BCUT2D eigenvalue weighted by molar-refractivity contribution is 1.07. The van der Waals surface area contributed by atoms with E-state index in [1.54, 1.807) is 34.7 Å². The van der Waals surface area contributed by atoms with Crippen molar-refractivity contribution in [3.05, 3.63) is 56.9 Å². The number of aromatic nitrogens is 2. The summed E-state index contributed by atoms with van der Waals surface area (Å²) in [5.74, 6) is 0. The highest BCUT2D eigenvalue weighted by atomic mass is 35.5. The van der Waals surface area contributed by atoms with E-state index < -0.39 is 0 Å². The van der Waals surface area contributed by atoms with Crippen LogP contribution in [-0.2, 0) is 0 Å². The summed E-state index contributed by atoms with van der Waals surface area (Å²) in [6.45, 7) is 1.85. The Hall–Kier alpha value is -1.73. The first-order valence-corrected chi connectivity index (χ1v) is 7.19. The van der Waals surface area contributed by atoms with E-state index in [-0.39, 0.29) is 0 Å². The van der Waals surface area contributed by atoms with E-state index in [2.05, 4.69) is 11.1 Å². The van der Waals surface area contributed by atoms with Gasteiger partial charge in [-0.05, 0) is 31.2 Å². The Morgan fingerprint density at radius 3 is 2.52 bits per heavy atom. The number of nitriles is 1. The Labute approximate surface area is 136 Å². The van der Waals surface area contributed by atoms with Crippen LogP contribution in [-0.4, -0.2) is 9.38 Å². The molecular formula is C15H8Cl3N3. The van der Waals surface area contributed by atoms with Crippen molar-refractivity contribution in [3.63, 3.8) is 0 Å². The zero-order chi connectivity index (χ0) is 15.1. The van der Waals surface area contributed by atoms with Crippen LogP contribution >= 0.6 is 34.8 Å². The lowest BCUT2D eigenvalue weighted by atomic mass is 10.1. The molecule has 0 radical (unpaired) electrons. The summed E-state index contributed by atoms with van der Waals surface area (Å²) in [7, 11) is 0. The van der Waals surface area contributed by atoms with Gasteiger partial charge in [0, 0.05) is 21.8 Å². The lowest BCUT2D eigenvalue weighted by Gasteiger charge is -2.05. The van der Waals surface area contributed by atoms with Gasteiger partial charge in [0.15, 0.2) is 0 Å². The Kier molecular flexibility index (Phi) is 3.54. The first-order valence-electron chi connectivity index (χ1n) is 6.05. The van der Waals surface area contributed by atoms with Crippen molar-refractivity contribution in [2.24, 2.45) is 0 Å². The molecular weight excluding hydrogens is 329 g/mol. The number of benzene rings is 1. The summed E-state index contributed by atoms with van der Waals surface area (Å²) < 4.78 is 1.61. The molecule has 0 spiro atoms. The molecule has 0 atom stereocenters. The first-order chi connectivity index (χ1) is 10.0. The first kappa shape index (κ1) is 14.2. The molecule has 1 aromatic carbocycles. The zero-order valence-electron chi connectivity index (χ0n) is 10.9. The maximum absolute atomic E-state index is 9.29. The largest absolute Gasteiger partial charge is 0.275 e. The molecule has 3 aromatic rings. The highest BCUT2D eigenvalue weighted by molar-refractivity contribution is 6.36. The predicted octanol–water partition coefficient (Wildman–Crippen LogP) is 5.14. The van der Waals surface area contributed by atoms with E-state index in [4.69, 9.17) is 34.8 Å². The highest BCUT2D eigenvalue weighted by Gasteiger charge is 2.16. The fraction of sp³-hybridized carbons (Fsp3) is 0.0667. The molecule has 0 saturated carbocycles. The number of hydrogen-bond acceptors (Lipinski definition) is 2. The number of hydrogen-bond donors (Lipinski definition) is 0. The third kappa shape index (κ3) is 2.36. The van der Waals surface area contributed by atoms with Crippen LogP contribution in [0.25, 0.3) is 16.8 Å². The van der Waals surface area contributed by atoms with Crippen molar-refractivity contribution in [2.45, 2.75) is 6.92 Å². The van der Waals surface area contributed by atoms with E-state index in [9.17, 15) is 5.26 Å². The SMILES string of the molecule is Cc1cc(Cl)n2c(C#N)cc(-c3ccc(Cl)cc3Cl)c2n1.